The third-order valence-electron chi connectivity index (χ3n) is 3.75. The molecule has 6 nitrogen and oxygen atoms in total. The van der Waals surface area contributed by atoms with Crippen LogP contribution in [-0.2, 0) is 4.79 Å². The molecule has 0 unspecified atom stereocenters. The molecule has 3 N–H and O–H groups in total. The molecule has 0 radical (unpaired) electrons. The van der Waals surface area contributed by atoms with Gasteiger partial charge in [-0.1, -0.05) is 19.3 Å². The number of amides is 2. The molecular formula is C14H27N3O3. The normalized spacial score (nSPS) is 17.8. The van der Waals surface area contributed by atoms with Gasteiger partial charge in [0, 0.05) is 6.54 Å². The number of nitrogens with zero attached hydrogens (tertiary/aromatic N) is 1. The number of rotatable bonds is 7. The Hall–Kier alpha value is -1.30. The number of carbonyl (C=O) groups excluding carboxylic acids is 1. The highest BCUT2D eigenvalue weighted by Gasteiger charge is 2.35. The topological polar surface area (TPSA) is 81.7 Å². The molecule has 6 heteroatoms. The molecule has 0 heterocycles. The smallest absolute Gasteiger partial charge is 0.315 e. The highest BCUT2D eigenvalue weighted by Crippen LogP contribution is 2.31. The van der Waals surface area contributed by atoms with Crippen molar-refractivity contribution in [1.29, 1.82) is 0 Å². The van der Waals surface area contributed by atoms with Gasteiger partial charge >= 0.3 is 12.0 Å². The second-order valence-electron chi connectivity index (χ2n) is 5.95. The van der Waals surface area contributed by atoms with Crippen molar-refractivity contribution in [3.63, 3.8) is 0 Å². The largest absolute Gasteiger partial charge is 0.481 e. The van der Waals surface area contributed by atoms with E-state index in [4.69, 9.17) is 5.11 Å². The monoisotopic (exact) mass is 285 g/mol. The lowest BCUT2D eigenvalue weighted by Crippen LogP contribution is -2.54. The highest BCUT2D eigenvalue weighted by atomic mass is 16.4. The molecule has 0 saturated heterocycles. The fourth-order valence-electron chi connectivity index (χ4n) is 2.75. The Morgan fingerprint density at radius 3 is 2.40 bits per heavy atom. The molecule has 1 aliphatic rings. The zero-order valence-electron chi connectivity index (χ0n) is 12.6. The van der Waals surface area contributed by atoms with E-state index in [0.717, 1.165) is 45.1 Å². The Morgan fingerprint density at radius 2 is 1.85 bits per heavy atom. The summed E-state index contributed by atoms with van der Waals surface area (Å²) < 4.78 is 0. The van der Waals surface area contributed by atoms with Gasteiger partial charge in [-0.05, 0) is 39.9 Å². The SMILES string of the molecule is CN(C)CCCNC(=O)NC1(CC(=O)O)CCCCC1. The summed E-state index contributed by atoms with van der Waals surface area (Å²) in [6, 6.07) is -0.244. The first kappa shape index (κ1) is 16.8. The van der Waals surface area contributed by atoms with Crippen molar-refractivity contribution < 1.29 is 14.7 Å². The van der Waals surface area contributed by atoms with Crippen LogP contribution in [-0.4, -0.2) is 54.7 Å². The average Bonchev–Trinajstić information content (AvgIpc) is 2.34. The van der Waals surface area contributed by atoms with E-state index in [1.54, 1.807) is 0 Å². The molecule has 2 amide bonds. The summed E-state index contributed by atoms with van der Waals surface area (Å²) >= 11 is 0. The second kappa shape index (κ2) is 8.09. The van der Waals surface area contributed by atoms with Crippen LogP contribution in [0.15, 0.2) is 0 Å². The number of carboxylic acids is 1. The fourth-order valence-corrected chi connectivity index (χ4v) is 2.75. The van der Waals surface area contributed by atoms with Crippen molar-refractivity contribution >= 4 is 12.0 Å². The lowest BCUT2D eigenvalue weighted by atomic mass is 9.79. The van der Waals surface area contributed by atoms with E-state index in [-0.39, 0.29) is 12.5 Å². The Morgan fingerprint density at radius 1 is 1.20 bits per heavy atom. The van der Waals surface area contributed by atoms with Crippen molar-refractivity contribution in [2.24, 2.45) is 0 Å². The molecule has 0 aromatic rings. The zero-order valence-corrected chi connectivity index (χ0v) is 12.6. The van der Waals surface area contributed by atoms with Crippen molar-refractivity contribution in [3.05, 3.63) is 0 Å². The average molecular weight is 285 g/mol. The molecule has 0 aromatic heterocycles. The molecular weight excluding hydrogens is 258 g/mol. The van der Waals surface area contributed by atoms with Crippen LogP contribution >= 0.6 is 0 Å². The molecule has 1 rings (SSSR count). The van der Waals surface area contributed by atoms with Gasteiger partial charge in [0.15, 0.2) is 0 Å². The molecule has 0 aromatic carbocycles. The summed E-state index contributed by atoms with van der Waals surface area (Å²) in [5, 5.41) is 14.8. The van der Waals surface area contributed by atoms with Crippen molar-refractivity contribution in [2.45, 2.75) is 50.5 Å². The number of carbonyl (C=O) groups is 2. The predicted octanol–water partition coefficient (Wildman–Crippen LogP) is 1.41. The Bertz CT molecular complexity index is 326. The highest BCUT2D eigenvalue weighted by molar-refractivity contribution is 5.76. The molecule has 0 spiro atoms. The maximum absolute atomic E-state index is 11.9. The van der Waals surface area contributed by atoms with E-state index in [9.17, 15) is 9.59 Å². The molecule has 20 heavy (non-hydrogen) atoms. The van der Waals surface area contributed by atoms with E-state index in [2.05, 4.69) is 15.5 Å². The maximum Gasteiger partial charge on any atom is 0.315 e. The molecule has 0 aliphatic heterocycles. The third kappa shape index (κ3) is 6.23. The van der Waals surface area contributed by atoms with Crippen molar-refractivity contribution in [2.75, 3.05) is 27.2 Å². The molecule has 0 bridgehead atoms. The van der Waals surface area contributed by atoms with Crippen LogP contribution in [0.5, 0.6) is 0 Å². The van der Waals surface area contributed by atoms with Gasteiger partial charge in [-0.25, -0.2) is 4.79 Å². The van der Waals surface area contributed by atoms with E-state index in [1.807, 2.05) is 14.1 Å². The van der Waals surface area contributed by atoms with Gasteiger partial charge < -0.3 is 20.6 Å². The summed E-state index contributed by atoms with van der Waals surface area (Å²) in [6.07, 6.45) is 5.48. The lowest BCUT2D eigenvalue weighted by molar-refractivity contribution is -0.139. The van der Waals surface area contributed by atoms with E-state index >= 15 is 0 Å². The first-order chi connectivity index (χ1) is 9.43. The first-order valence-electron chi connectivity index (χ1n) is 7.36. The summed E-state index contributed by atoms with van der Waals surface area (Å²) in [5.41, 5.74) is -0.560. The molecule has 1 aliphatic carbocycles. The zero-order chi connectivity index (χ0) is 15.0. The summed E-state index contributed by atoms with van der Waals surface area (Å²) in [6.45, 7) is 1.52. The Balaban J connectivity index is 2.40. The first-order valence-corrected chi connectivity index (χ1v) is 7.36. The van der Waals surface area contributed by atoms with Crippen LogP contribution in [0, 0.1) is 0 Å². The van der Waals surface area contributed by atoms with Crippen LogP contribution in [0.4, 0.5) is 4.79 Å². The molecule has 1 saturated carbocycles. The Labute approximate surface area is 120 Å². The third-order valence-corrected chi connectivity index (χ3v) is 3.75. The van der Waals surface area contributed by atoms with Gasteiger partial charge in [0.25, 0.3) is 0 Å². The number of hydrogen-bond acceptors (Lipinski definition) is 3. The van der Waals surface area contributed by atoms with Crippen molar-refractivity contribution in [3.8, 4) is 0 Å². The maximum atomic E-state index is 11.9. The van der Waals surface area contributed by atoms with Gasteiger partial charge in [-0.3, -0.25) is 4.79 Å². The molecule has 116 valence electrons. The van der Waals surface area contributed by atoms with Crippen molar-refractivity contribution in [1.82, 2.24) is 15.5 Å². The minimum atomic E-state index is -0.847. The van der Waals surface area contributed by atoms with E-state index in [1.165, 1.54) is 0 Å². The summed E-state index contributed by atoms with van der Waals surface area (Å²) in [7, 11) is 3.98. The molecule has 1 fully saturated rings. The number of carboxylic acid groups (broad SMARTS) is 1. The van der Waals surface area contributed by atoms with Gasteiger partial charge in [0.1, 0.15) is 0 Å². The number of aliphatic carboxylic acids is 1. The molecule has 0 atom stereocenters. The van der Waals surface area contributed by atoms with E-state index < -0.39 is 11.5 Å². The number of urea groups is 1. The van der Waals surface area contributed by atoms with Gasteiger partial charge in [-0.2, -0.15) is 0 Å². The van der Waals surface area contributed by atoms with Gasteiger partial charge in [0.05, 0.1) is 12.0 Å². The minimum Gasteiger partial charge on any atom is -0.481 e. The fraction of sp³-hybridized carbons (Fsp3) is 0.857. The van der Waals surface area contributed by atoms with Gasteiger partial charge in [0.2, 0.25) is 0 Å². The summed E-state index contributed by atoms with van der Waals surface area (Å²) in [4.78, 5) is 25.0. The predicted molar refractivity (Wildman–Crippen MR) is 77.8 cm³/mol. The number of nitrogens with one attached hydrogen (secondary N) is 2. The van der Waals surface area contributed by atoms with Crippen LogP contribution in [0.2, 0.25) is 0 Å². The minimum absolute atomic E-state index is 0.0120. The van der Waals surface area contributed by atoms with Crippen LogP contribution in [0.3, 0.4) is 0 Å². The Kier molecular flexibility index (Phi) is 6.78. The lowest BCUT2D eigenvalue weighted by Gasteiger charge is -2.36. The van der Waals surface area contributed by atoms with Crippen LogP contribution < -0.4 is 10.6 Å². The van der Waals surface area contributed by atoms with E-state index in [0.29, 0.717) is 6.54 Å². The van der Waals surface area contributed by atoms with Crippen LogP contribution in [0.1, 0.15) is 44.9 Å². The van der Waals surface area contributed by atoms with Crippen LogP contribution in [0.25, 0.3) is 0 Å². The standard InChI is InChI=1S/C14H27N3O3/c1-17(2)10-6-9-15-13(20)16-14(11-12(18)19)7-4-3-5-8-14/h3-11H2,1-2H3,(H,18,19)(H2,15,16,20). The number of hydrogen-bond donors (Lipinski definition) is 3. The summed E-state index contributed by atoms with van der Waals surface area (Å²) in [5.74, 6) is -0.847. The second-order valence-corrected chi connectivity index (χ2v) is 5.95. The van der Waals surface area contributed by atoms with Gasteiger partial charge in [-0.15, -0.1) is 0 Å². The quantitative estimate of drug-likeness (QED) is 0.618.